The van der Waals surface area contributed by atoms with Crippen LogP contribution in [-0.2, 0) is 0 Å². The van der Waals surface area contributed by atoms with Crippen LogP contribution in [0, 0.1) is 0 Å². The van der Waals surface area contributed by atoms with Crippen molar-refractivity contribution in [1.29, 1.82) is 0 Å². The fourth-order valence-electron chi connectivity index (χ4n) is 2.11. The van der Waals surface area contributed by atoms with Gasteiger partial charge in [0.1, 0.15) is 17.0 Å². The van der Waals surface area contributed by atoms with Gasteiger partial charge in [-0.3, -0.25) is 4.79 Å². The first kappa shape index (κ1) is 12.9. The highest BCUT2D eigenvalue weighted by atomic mass is 16.4. The second-order valence-electron chi connectivity index (χ2n) is 4.47. The minimum atomic E-state index is -1.25. The van der Waals surface area contributed by atoms with E-state index in [1.165, 1.54) is 6.07 Å². The average Bonchev–Trinajstić information content (AvgIpc) is 2.46. The number of carbonyl (C=O) groups is 1. The van der Waals surface area contributed by atoms with Gasteiger partial charge in [-0.25, -0.2) is 4.79 Å². The number of fused-ring (bicyclic) bond motifs is 2. The lowest BCUT2D eigenvalue weighted by molar-refractivity contribution is 0.0698. The number of carboxylic acid groups (broad SMARTS) is 1. The van der Waals surface area contributed by atoms with Crippen LogP contribution in [0.1, 0.15) is 15.9 Å². The van der Waals surface area contributed by atoms with Crippen LogP contribution in [0.2, 0.25) is 0 Å². The summed E-state index contributed by atoms with van der Waals surface area (Å²) in [5, 5.41) is 9.46. The molecule has 3 rings (SSSR count). The molecule has 0 aliphatic rings. The largest absolute Gasteiger partial charge is 0.478 e. The summed E-state index contributed by atoms with van der Waals surface area (Å²) in [6.07, 6.45) is 1.60. The van der Waals surface area contributed by atoms with Gasteiger partial charge in [-0.05, 0) is 23.8 Å². The molecule has 0 saturated heterocycles. The van der Waals surface area contributed by atoms with Crippen molar-refractivity contribution in [3.05, 3.63) is 52.2 Å². The molecule has 0 radical (unpaired) electrons. The molecule has 6 heteroatoms. The number of aromatic nitrogens is 1. The number of anilines is 1. The maximum atomic E-state index is 12.5. The molecule has 0 bridgehead atoms. The van der Waals surface area contributed by atoms with Gasteiger partial charge in [-0.1, -0.05) is 18.7 Å². The summed E-state index contributed by atoms with van der Waals surface area (Å²) in [6, 6.07) is 6.20. The van der Waals surface area contributed by atoms with Crippen molar-refractivity contribution in [2.45, 2.75) is 0 Å². The van der Waals surface area contributed by atoms with Crippen molar-refractivity contribution in [3.63, 3.8) is 0 Å². The zero-order chi connectivity index (χ0) is 15.1. The third-order valence-electron chi connectivity index (χ3n) is 3.18. The first-order chi connectivity index (χ1) is 10.0. The van der Waals surface area contributed by atoms with E-state index in [1.54, 1.807) is 24.3 Å². The van der Waals surface area contributed by atoms with Gasteiger partial charge in [0.2, 0.25) is 11.1 Å². The van der Waals surface area contributed by atoms with Crippen molar-refractivity contribution in [3.8, 4) is 0 Å². The molecule has 0 unspecified atom stereocenters. The molecule has 2 aromatic heterocycles. The second-order valence-corrected chi connectivity index (χ2v) is 4.47. The van der Waals surface area contributed by atoms with E-state index in [1.807, 2.05) is 0 Å². The van der Waals surface area contributed by atoms with Crippen molar-refractivity contribution in [2.75, 3.05) is 5.73 Å². The second kappa shape index (κ2) is 4.45. The summed E-state index contributed by atoms with van der Waals surface area (Å²) >= 11 is 0. The smallest absolute Gasteiger partial charge is 0.339 e. The zero-order valence-corrected chi connectivity index (χ0v) is 10.8. The molecule has 21 heavy (non-hydrogen) atoms. The lowest BCUT2D eigenvalue weighted by Gasteiger charge is -2.04. The minimum Gasteiger partial charge on any atom is -0.478 e. The van der Waals surface area contributed by atoms with Crippen LogP contribution < -0.4 is 11.2 Å². The normalized spacial score (nSPS) is 10.9. The van der Waals surface area contributed by atoms with Crippen molar-refractivity contribution >= 4 is 39.9 Å². The maximum absolute atomic E-state index is 12.5. The Morgan fingerprint density at radius 3 is 2.76 bits per heavy atom. The Morgan fingerprint density at radius 2 is 2.10 bits per heavy atom. The van der Waals surface area contributed by atoms with Gasteiger partial charge < -0.3 is 15.3 Å². The summed E-state index contributed by atoms with van der Waals surface area (Å²) in [4.78, 5) is 27.4. The fourth-order valence-corrected chi connectivity index (χ4v) is 2.11. The molecule has 0 amide bonds. The van der Waals surface area contributed by atoms with Gasteiger partial charge in [-0.2, -0.15) is 4.98 Å². The first-order valence-electron chi connectivity index (χ1n) is 6.04. The van der Waals surface area contributed by atoms with Gasteiger partial charge in [-0.15, -0.1) is 0 Å². The van der Waals surface area contributed by atoms with Crippen molar-refractivity contribution < 1.29 is 14.3 Å². The molecular weight excluding hydrogens is 272 g/mol. The predicted octanol–water partition coefficient (Wildman–Crippen LogP) is 2.26. The van der Waals surface area contributed by atoms with Gasteiger partial charge in [0.25, 0.3) is 0 Å². The molecule has 6 nitrogen and oxygen atoms in total. The lowest BCUT2D eigenvalue weighted by Crippen LogP contribution is -2.09. The number of nitrogen functional groups attached to an aromatic ring is 1. The van der Waals surface area contributed by atoms with Gasteiger partial charge >= 0.3 is 5.97 Å². The van der Waals surface area contributed by atoms with E-state index in [0.29, 0.717) is 11.0 Å². The van der Waals surface area contributed by atoms with Gasteiger partial charge in [0.05, 0.1) is 10.8 Å². The summed E-state index contributed by atoms with van der Waals surface area (Å²) in [5.74, 6) is -1.44. The molecule has 0 spiro atoms. The van der Waals surface area contributed by atoms with E-state index in [0.717, 1.165) is 5.56 Å². The molecule has 3 aromatic rings. The number of hydrogen-bond acceptors (Lipinski definition) is 5. The maximum Gasteiger partial charge on any atom is 0.339 e. The third-order valence-corrected chi connectivity index (χ3v) is 3.18. The van der Waals surface area contributed by atoms with Crippen LogP contribution >= 0.6 is 0 Å². The number of hydrogen-bond donors (Lipinski definition) is 2. The highest BCUT2D eigenvalue weighted by Gasteiger charge is 2.15. The molecule has 0 atom stereocenters. The SMILES string of the molecule is C=Cc1ccc2oc3nc(N)c(C(=O)O)cc3c(=O)c2c1. The monoisotopic (exact) mass is 282 g/mol. The van der Waals surface area contributed by atoms with Crippen molar-refractivity contribution in [1.82, 2.24) is 4.98 Å². The van der Waals surface area contributed by atoms with Crippen molar-refractivity contribution in [2.24, 2.45) is 0 Å². The number of carboxylic acids is 1. The summed E-state index contributed by atoms with van der Waals surface area (Å²) < 4.78 is 5.52. The van der Waals surface area contributed by atoms with Crippen LogP contribution in [-0.4, -0.2) is 16.1 Å². The molecule has 0 saturated carbocycles. The van der Waals surface area contributed by atoms with E-state index in [-0.39, 0.29) is 27.9 Å². The fraction of sp³-hybridized carbons (Fsp3) is 0. The number of aromatic carboxylic acids is 1. The van der Waals surface area contributed by atoms with E-state index < -0.39 is 5.97 Å². The van der Waals surface area contributed by atoms with Crippen LogP contribution in [0.4, 0.5) is 5.82 Å². The summed E-state index contributed by atoms with van der Waals surface area (Å²) in [6.45, 7) is 3.64. The molecular formula is C15H10N2O4. The first-order valence-corrected chi connectivity index (χ1v) is 6.04. The topological polar surface area (TPSA) is 106 Å². The number of pyridine rings is 1. The highest BCUT2D eigenvalue weighted by molar-refractivity contribution is 5.98. The zero-order valence-electron chi connectivity index (χ0n) is 10.8. The Balaban J connectivity index is 2.48. The van der Waals surface area contributed by atoms with E-state index in [2.05, 4.69) is 11.6 Å². The molecule has 2 heterocycles. The number of benzene rings is 1. The quantitative estimate of drug-likeness (QED) is 0.698. The Labute approximate surface area is 118 Å². The molecule has 3 N–H and O–H groups in total. The van der Waals surface area contributed by atoms with Crippen LogP contribution in [0.15, 0.2) is 40.1 Å². The highest BCUT2D eigenvalue weighted by Crippen LogP contribution is 2.22. The number of nitrogens with two attached hydrogens (primary N) is 1. The van der Waals surface area contributed by atoms with Gasteiger partial charge in [0, 0.05) is 0 Å². The molecule has 0 aliphatic carbocycles. The average molecular weight is 282 g/mol. The molecule has 104 valence electrons. The molecule has 0 aliphatic heterocycles. The van der Waals surface area contributed by atoms with Crippen LogP contribution in [0.5, 0.6) is 0 Å². The lowest BCUT2D eigenvalue weighted by atomic mass is 10.1. The van der Waals surface area contributed by atoms with E-state index >= 15 is 0 Å². The number of rotatable bonds is 2. The standard InChI is InChI=1S/C15H10N2O4/c1-2-7-3-4-11-8(5-7)12(18)9-6-10(15(19)20)13(16)17-14(9)21-11/h2-6H,1H2,(H2,16,17)(H,19,20). The van der Waals surface area contributed by atoms with Crippen LogP contribution in [0.3, 0.4) is 0 Å². The Bertz CT molecular complexity index is 973. The Hall–Kier alpha value is -3.15. The minimum absolute atomic E-state index is 0.0151. The third kappa shape index (κ3) is 1.93. The molecule has 0 fully saturated rings. The number of nitrogens with zero attached hydrogens (tertiary/aromatic N) is 1. The molecule has 1 aromatic carbocycles. The van der Waals surface area contributed by atoms with Gasteiger partial charge in [0.15, 0.2) is 0 Å². The van der Waals surface area contributed by atoms with Crippen LogP contribution in [0.25, 0.3) is 28.1 Å². The Morgan fingerprint density at radius 1 is 1.33 bits per heavy atom. The summed E-state index contributed by atoms with van der Waals surface area (Å²) in [5.41, 5.74) is 6.11. The summed E-state index contributed by atoms with van der Waals surface area (Å²) in [7, 11) is 0. The Kier molecular flexibility index (Phi) is 2.72. The van der Waals surface area contributed by atoms with E-state index in [4.69, 9.17) is 15.3 Å². The van der Waals surface area contributed by atoms with E-state index in [9.17, 15) is 9.59 Å². The predicted molar refractivity (Wildman–Crippen MR) is 79.2 cm³/mol.